The van der Waals surface area contributed by atoms with Gasteiger partial charge in [-0.25, -0.2) is 0 Å². The van der Waals surface area contributed by atoms with E-state index in [1.807, 2.05) is 13.0 Å². The van der Waals surface area contributed by atoms with Gasteiger partial charge in [-0.1, -0.05) is 42.4 Å². The van der Waals surface area contributed by atoms with Crippen LogP contribution in [0.3, 0.4) is 0 Å². The molecule has 3 rings (SSSR count). The van der Waals surface area contributed by atoms with Crippen molar-refractivity contribution in [3.8, 4) is 0 Å². The Kier molecular flexibility index (Phi) is 5.30. The molecule has 2 heterocycles. The second-order valence-corrected chi connectivity index (χ2v) is 6.42. The molecule has 1 amide bonds. The minimum absolute atomic E-state index is 0.0490. The normalized spacial score (nSPS) is 16.2. The van der Waals surface area contributed by atoms with Crippen molar-refractivity contribution in [1.82, 2.24) is 15.4 Å². The minimum atomic E-state index is -0.0490. The fourth-order valence-corrected chi connectivity index (χ4v) is 3.28. The van der Waals surface area contributed by atoms with E-state index in [4.69, 9.17) is 4.52 Å². The second kappa shape index (κ2) is 7.62. The molecule has 0 radical (unpaired) electrons. The number of likely N-dealkylation sites (tertiary alicyclic amines) is 1. The summed E-state index contributed by atoms with van der Waals surface area (Å²) in [5, 5.41) is 7.12. The molecule has 0 aliphatic carbocycles. The molecule has 0 saturated carbocycles. The van der Waals surface area contributed by atoms with Crippen molar-refractivity contribution in [2.24, 2.45) is 0 Å². The van der Waals surface area contributed by atoms with Gasteiger partial charge >= 0.3 is 0 Å². The topological polar surface area (TPSA) is 58.4 Å². The number of piperidine rings is 1. The highest BCUT2D eigenvalue weighted by Gasteiger charge is 2.24. The summed E-state index contributed by atoms with van der Waals surface area (Å²) in [5.41, 5.74) is 2.70. The van der Waals surface area contributed by atoms with Crippen LogP contribution in [0.4, 0.5) is 0 Å². The van der Waals surface area contributed by atoms with Crippen molar-refractivity contribution < 1.29 is 9.32 Å². The number of rotatable bonds is 5. The molecule has 5 heteroatoms. The van der Waals surface area contributed by atoms with E-state index in [0.717, 1.165) is 38.2 Å². The van der Waals surface area contributed by atoms with Crippen LogP contribution in [0.1, 0.15) is 47.1 Å². The Morgan fingerprint density at radius 2 is 2.00 bits per heavy atom. The van der Waals surface area contributed by atoms with E-state index in [1.54, 1.807) is 6.92 Å². The van der Waals surface area contributed by atoms with Crippen molar-refractivity contribution in [3.63, 3.8) is 0 Å². The summed E-state index contributed by atoms with van der Waals surface area (Å²) in [6, 6.07) is 10.7. The Morgan fingerprint density at radius 1 is 1.29 bits per heavy atom. The van der Waals surface area contributed by atoms with E-state index in [-0.39, 0.29) is 11.9 Å². The first-order valence-electron chi connectivity index (χ1n) is 8.69. The molecule has 1 fully saturated rings. The zero-order valence-corrected chi connectivity index (χ0v) is 14.4. The lowest BCUT2D eigenvalue weighted by Crippen LogP contribution is -2.44. The molecule has 0 unspecified atom stereocenters. The largest absolute Gasteiger partial charge is 0.361 e. The number of nitrogens with zero attached hydrogens (tertiary/aromatic N) is 2. The van der Waals surface area contributed by atoms with E-state index in [1.165, 1.54) is 5.56 Å². The lowest BCUT2D eigenvalue weighted by molar-refractivity contribution is 0.0906. The average molecular weight is 327 g/mol. The number of hydrogen-bond donors (Lipinski definition) is 1. The van der Waals surface area contributed by atoms with Gasteiger partial charge in [0.1, 0.15) is 11.3 Å². The molecule has 1 N–H and O–H groups in total. The summed E-state index contributed by atoms with van der Waals surface area (Å²) in [5.74, 6) is 0.554. The van der Waals surface area contributed by atoms with Gasteiger partial charge in [-0.05, 0) is 31.7 Å². The Hall–Kier alpha value is -2.14. The molecule has 1 aliphatic rings. The van der Waals surface area contributed by atoms with Crippen LogP contribution in [0.25, 0.3) is 0 Å². The molecule has 1 aromatic carbocycles. The maximum atomic E-state index is 12.5. The number of benzene rings is 1. The van der Waals surface area contributed by atoms with Gasteiger partial charge in [0.2, 0.25) is 0 Å². The van der Waals surface area contributed by atoms with Crippen LogP contribution in [0, 0.1) is 6.92 Å². The van der Waals surface area contributed by atoms with Gasteiger partial charge in [-0.3, -0.25) is 9.69 Å². The molecule has 2 aromatic rings. The van der Waals surface area contributed by atoms with Crippen molar-refractivity contribution in [2.45, 2.75) is 45.7 Å². The number of nitrogens with one attached hydrogen (secondary N) is 1. The number of aryl methyl sites for hydroxylation is 2. The van der Waals surface area contributed by atoms with Gasteiger partial charge in [-0.15, -0.1) is 0 Å². The lowest BCUT2D eigenvalue weighted by Gasteiger charge is -2.32. The molecule has 24 heavy (non-hydrogen) atoms. The predicted molar refractivity (Wildman–Crippen MR) is 92.8 cm³/mol. The summed E-state index contributed by atoms with van der Waals surface area (Å²) in [6.45, 7) is 6.76. The molecule has 1 aromatic heterocycles. The van der Waals surface area contributed by atoms with Crippen LogP contribution in [0.15, 0.2) is 34.9 Å². The third kappa shape index (κ3) is 3.85. The van der Waals surface area contributed by atoms with E-state index in [9.17, 15) is 4.79 Å². The monoisotopic (exact) mass is 327 g/mol. The second-order valence-electron chi connectivity index (χ2n) is 6.42. The van der Waals surface area contributed by atoms with Gasteiger partial charge in [0, 0.05) is 25.7 Å². The average Bonchev–Trinajstić information content (AvgIpc) is 2.98. The lowest BCUT2D eigenvalue weighted by atomic mass is 10.0. The number of carbonyl (C=O) groups is 1. The molecule has 5 nitrogen and oxygen atoms in total. The van der Waals surface area contributed by atoms with Crippen molar-refractivity contribution >= 4 is 5.91 Å². The highest BCUT2D eigenvalue weighted by atomic mass is 16.5. The maximum Gasteiger partial charge on any atom is 0.257 e. The quantitative estimate of drug-likeness (QED) is 0.917. The van der Waals surface area contributed by atoms with Gasteiger partial charge in [0.15, 0.2) is 0 Å². The molecular formula is C19H25N3O2. The maximum absolute atomic E-state index is 12.5. The molecule has 1 saturated heterocycles. The van der Waals surface area contributed by atoms with E-state index in [0.29, 0.717) is 17.7 Å². The van der Waals surface area contributed by atoms with Gasteiger partial charge < -0.3 is 9.84 Å². The van der Waals surface area contributed by atoms with Crippen molar-refractivity contribution in [1.29, 1.82) is 0 Å². The predicted octanol–water partition coefficient (Wildman–Crippen LogP) is 2.94. The molecule has 0 bridgehead atoms. The highest BCUT2D eigenvalue weighted by molar-refractivity contribution is 5.96. The zero-order valence-electron chi connectivity index (χ0n) is 14.4. The summed E-state index contributed by atoms with van der Waals surface area (Å²) in [4.78, 5) is 15.0. The minimum Gasteiger partial charge on any atom is -0.361 e. The fourth-order valence-electron chi connectivity index (χ4n) is 3.28. The molecule has 0 spiro atoms. The van der Waals surface area contributed by atoms with E-state index >= 15 is 0 Å². The zero-order chi connectivity index (χ0) is 16.9. The van der Waals surface area contributed by atoms with Crippen LogP contribution < -0.4 is 5.32 Å². The van der Waals surface area contributed by atoms with E-state index in [2.05, 4.69) is 39.6 Å². The Balaban J connectivity index is 1.52. The van der Waals surface area contributed by atoms with Crippen LogP contribution in [0.5, 0.6) is 0 Å². The summed E-state index contributed by atoms with van der Waals surface area (Å²) >= 11 is 0. The van der Waals surface area contributed by atoms with Crippen LogP contribution in [-0.2, 0) is 13.0 Å². The summed E-state index contributed by atoms with van der Waals surface area (Å²) in [7, 11) is 0. The standard InChI is InChI=1S/C19H25N3O2/c1-3-17-18(14(2)24-21-17)19(23)20-16-9-11-22(12-10-16)13-15-7-5-4-6-8-15/h4-8,16H,3,9-13H2,1-2H3,(H,20,23). The first-order chi connectivity index (χ1) is 11.7. The SMILES string of the molecule is CCc1noc(C)c1C(=O)NC1CCN(Cc2ccccc2)CC1. The molecular weight excluding hydrogens is 302 g/mol. The Bertz CT molecular complexity index is 673. The fraction of sp³-hybridized carbons (Fsp3) is 0.474. The summed E-state index contributed by atoms with van der Waals surface area (Å²) in [6.07, 6.45) is 2.66. The highest BCUT2D eigenvalue weighted by Crippen LogP contribution is 2.17. The van der Waals surface area contributed by atoms with E-state index < -0.39 is 0 Å². The van der Waals surface area contributed by atoms with Crippen molar-refractivity contribution in [3.05, 3.63) is 52.9 Å². The summed E-state index contributed by atoms with van der Waals surface area (Å²) < 4.78 is 5.16. The van der Waals surface area contributed by atoms with Crippen molar-refractivity contribution in [2.75, 3.05) is 13.1 Å². The number of amides is 1. The van der Waals surface area contributed by atoms with Crippen LogP contribution in [0.2, 0.25) is 0 Å². The van der Waals surface area contributed by atoms with Gasteiger partial charge in [0.25, 0.3) is 5.91 Å². The third-order valence-electron chi connectivity index (χ3n) is 4.67. The number of aromatic nitrogens is 1. The first-order valence-corrected chi connectivity index (χ1v) is 8.69. The van der Waals surface area contributed by atoms with Crippen LogP contribution in [-0.4, -0.2) is 35.1 Å². The third-order valence-corrected chi connectivity index (χ3v) is 4.67. The van der Waals surface area contributed by atoms with Gasteiger partial charge in [0.05, 0.1) is 5.69 Å². The molecule has 128 valence electrons. The first kappa shape index (κ1) is 16.7. The molecule has 0 atom stereocenters. The van der Waals surface area contributed by atoms with Gasteiger partial charge in [-0.2, -0.15) is 0 Å². The smallest absolute Gasteiger partial charge is 0.257 e. The number of carbonyl (C=O) groups excluding carboxylic acids is 1. The number of hydrogen-bond acceptors (Lipinski definition) is 4. The van der Waals surface area contributed by atoms with Crippen LogP contribution >= 0.6 is 0 Å². The Morgan fingerprint density at radius 3 is 2.67 bits per heavy atom. The Labute approximate surface area is 143 Å². The molecule has 1 aliphatic heterocycles.